The number of rotatable bonds is 8. The number of carbonyl (C=O) groups excluding carboxylic acids is 2. The summed E-state index contributed by atoms with van der Waals surface area (Å²) in [4.78, 5) is 25.0. The largest absolute Gasteiger partial charge is 0.497 e. The molecule has 4 rings (SSSR count). The van der Waals surface area contributed by atoms with E-state index in [2.05, 4.69) is 10.5 Å². The number of halogens is 2. The topological polar surface area (TPSA) is 86.2 Å². The first-order valence-electron chi connectivity index (χ1n) is 10.7. The SMILES string of the molecule is COc1ccc(C(=O)Oc2ccc3ccccc3c2C=NNC(=O)COc2ccc(Cl)cc2Cl)cc1. The Kier molecular flexibility index (Phi) is 8.05. The van der Waals surface area contributed by atoms with Crippen LogP contribution in [0.25, 0.3) is 10.8 Å². The van der Waals surface area contributed by atoms with Gasteiger partial charge in [-0.1, -0.05) is 53.5 Å². The second-order valence-electron chi connectivity index (χ2n) is 7.47. The Morgan fingerprint density at radius 2 is 1.69 bits per heavy atom. The van der Waals surface area contributed by atoms with E-state index in [0.29, 0.717) is 27.6 Å². The van der Waals surface area contributed by atoms with Crippen LogP contribution in [0.5, 0.6) is 17.2 Å². The highest BCUT2D eigenvalue weighted by Gasteiger charge is 2.14. The van der Waals surface area contributed by atoms with E-state index in [4.69, 9.17) is 37.4 Å². The van der Waals surface area contributed by atoms with E-state index in [9.17, 15) is 9.59 Å². The summed E-state index contributed by atoms with van der Waals surface area (Å²) in [6.45, 7) is -0.312. The highest BCUT2D eigenvalue weighted by Crippen LogP contribution is 2.28. The number of hydrazone groups is 1. The molecule has 0 bridgehead atoms. The van der Waals surface area contributed by atoms with Crippen LogP contribution >= 0.6 is 23.2 Å². The first-order valence-corrected chi connectivity index (χ1v) is 11.5. The van der Waals surface area contributed by atoms with E-state index in [-0.39, 0.29) is 17.4 Å². The van der Waals surface area contributed by atoms with Crippen molar-refractivity contribution >= 4 is 52.1 Å². The molecule has 4 aromatic carbocycles. The zero-order valence-corrected chi connectivity index (χ0v) is 20.5. The van der Waals surface area contributed by atoms with Crippen molar-refractivity contribution in [1.29, 1.82) is 0 Å². The van der Waals surface area contributed by atoms with Crippen LogP contribution in [0.4, 0.5) is 0 Å². The average Bonchev–Trinajstić information content (AvgIpc) is 2.89. The van der Waals surface area contributed by atoms with Gasteiger partial charge in [-0.2, -0.15) is 5.10 Å². The van der Waals surface area contributed by atoms with Crippen molar-refractivity contribution in [3.05, 3.63) is 100 Å². The van der Waals surface area contributed by atoms with Crippen molar-refractivity contribution in [3.8, 4) is 17.2 Å². The standard InChI is InChI=1S/C27H20Cl2N2O5/c1-34-20-10-6-18(7-11-20)27(33)36-24-12-8-17-4-2-3-5-21(17)22(24)15-30-31-26(32)16-35-25-13-9-19(28)14-23(25)29/h2-15H,16H2,1H3,(H,31,32). The maximum atomic E-state index is 12.7. The fourth-order valence-electron chi connectivity index (χ4n) is 3.32. The number of hydrogen-bond donors (Lipinski definition) is 1. The van der Waals surface area contributed by atoms with Crippen molar-refractivity contribution < 1.29 is 23.8 Å². The van der Waals surface area contributed by atoms with Crippen molar-refractivity contribution in [2.24, 2.45) is 5.10 Å². The van der Waals surface area contributed by atoms with Crippen molar-refractivity contribution in [2.45, 2.75) is 0 Å². The Balaban J connectivity index is 1.49. The first kappa shape index (κ1) is 25.0. The van der Waals surface area contributed by atoms with E-state index in [1.54, 1.807) is 49.6 Å². The molecule has 0 aliphatic rings. The Hall–Kier alpha value is -4.07. The highest BCUT2D eigenvalue weighted by atomic mass is 35.5. The number of fused-ring (bicyclic) bond motifs is 1. The minimum Gasteiger partial charge on any atom is -0.497 e. The molecule has 1 N–H and O–H groups in total. The third-order valence-corrected chi connectivity index (χ3v) is 5.63. The molecule has 36 heavy (non-hydrogen) atoms. The van der Waals surface area contributed by atoms with Crippen molar-refractivity contribution in [3.63, 3.8) is 0 Å². The van der Waals surface area contributed by atoms with Gasteiger partial charge < -0.3 is 14.2 Å². The lowest BCUT2D eigenvalue weighted by molar-refractivity contribution is -0.123. The number of esters is 1. The molecule has 1 amide bonds. The number of hydrogen-bond acceptors (Lipinski definition) is 6. The molecule has 0 heterocycles. The molecule has 4 aromatic rings. The molecule has 0 aliphatic heterocycles. The maximum absolute atomic E-state index is 12.7. The molecule has 0 unspecified atom stereocenters. The van der Waals surface area contributed by atoms with Gasteiger partial charge in [0.2, 0.25) is 0 Å². The first-order chi connectivity index (χ1) is 17.4. The molecule has 0 fully saturated rings. The lowest BCUT2D eigenvalue weighted by Crippen LogP contribution is -2.24. The molecule has 0 saturated carbocycles. The van der Waals surface area contributed by atoms with Gasteiger partial charge in [0, 0.05) is 10.6 Å². The number of nitrogens with zero attached hydrogens (tertiary/aromatic N) is 1. The minimum absolute atomic E-state index is 0.289. The normalized spacial score (nSPS) is 10.9. The van der Waals surface area contributed by atoms with Crippen LogP contribution in [0.3, 0.4) is 0 Å². The Morgan fingerprint density at radius 1 is 0.944 bits per heavy atom. The predicted octanol–water partition coefficient (Wildman–Crippen LogP) is 5.90. The van der Waals surface area contributed by atoms with Gasteiger partial charge in [-0.25, -0.2) is 10.2 Å². The van der Waals surface area contributed by atoms with E-state index in [1.807, 2.05) is 30.3 Å². The Labute approximate surface area is 217 Å². The van der Waals surface area contributed by atoms with Gasteiger partial charge in [-0.05, 0) is 59.3 Å². The fraction of sp³-hybridized carbons (Fsp3) is 0.0741. The monoisotopic (exact) mass is 522 g/mol. The summed E-state index contributed by atoms with van der Waals surface area (Å²) in [5, 5.41) is 6.49. The third kappa shape index (κ3) is 6.13. The van der Waals surface area contributed by atoms with Crippen LogP contribution in [-0.4, -0.2) is 31.8 Å². The van der Waals surface area contributed by atoms with Gasteiger partial charge in [0.15, 0.2) is 6.61 Å². The van der Waals surface area contributed by atoms with E-state index in [1.165, 1.54) is 12.3 Å². The summed E-state index contributed by atoms with van der Waals surface area (Å²) in [6.07, 6.45) is 1.42. The summed E-state index contributed by atoms with van der Waals surface area (Å²) in [5.41, 5.74) is 3.29. The van der Waals surface area contributed by atoms with Gasteiger partial charge in [-0.3, -0.25) is 4.79 Å². The summed E-state index contributed by atoms with van der Waals surface area (Å²) in [6, 6.07) is 22.3. The van der Waals surface area contributed by atoms with Crippen LogP contribution in [0.15, 0.2) is 84.0 Å². The molecule has 0 spiro atoms. The lowest BCUT2D eigenvalue weighted by atomic mass is 10.0. The summed E-state index contributed by atoms with van der Waals surface area (Å²) in [7, 11) is 1.55. The van der Waals surface area contributed by atoms with Crippen LogP contribution in [0, 0.1) is 0 Å². The molecule has 7 nitrogen and oxygen atoms in total. The molecule has 0 saturated heterocycles. The summed E-state index contributed by atoms with van der Waals surface area (Å²) < 4.78 is 16.2. The minimum atomic E-state index is -0.542. The van der Waals surface area contributed by atoms with Crippen molar-refractivity contribution in [1.82, 2.24) is 5.43 Å². The van der Waals surface area contributed by atoms with Gasteiger partial charge in [-0.15, -0.1) is 0 Å². The van der Waals surface area contributed by atoms with Gasteiger partial charge >= 0.3 is 5.97 Å². The van der Waals surface area contributed by atoms with Crippen molar-refractivity contribution in [2.75, 3.05) is 13.7 Å². The van der Waals surface area contributed by atoms with Gasteiger partial charge in [0.25, 0.3) is 5.91 Å². The number of carbonyl (C=O) groups is 2. The second kappa shape index (κ2) is 11.6. The molecule has 9 heteroatoms. The molecule has 0 radical (unpaired) electrons. The van der Waals surface area contributed by atoms with Crippen LogP contribution < -0.4 is 19.6 Å². The Bertz CT molecular complexity index is 1440. The number of benzene rings is 4. The van der Waals surface area contributed by atoms with Crippen LogP contribution in [0.2, 0.25) is 10.0 Å². The molecule has 0 aliphatic carbocycles. The van der Waals surface area contributed by atoms with E-state index in [0.717, 1.165) is 10.8 Å². The highest BCUT2D eigenvalue weighted by molar-refractivity contribution is 6.35. The molecule has 0 aromatic heterocycles. The van der Waals surface area contributed by atoms with Crippen LogP contribution in [-0.2, 0) is 4.79 Å². The third-order valence-electron chi connectivity index (χ3n) is 5.09. The zero-order valence-electron chi connectivity index (χ0n) is 19.0. The second-order valence-corrected chi connectivity index (χ2v) is 8.32. The average molecular weight is 523 g/mol. The zero-order chi connectivity index (χ0) is 25.5. The summed E-state index contributed by atoms with van der Waals surface area (Å²) in [5.74, 6) is 0.191. The quantitative estimate of drug-likeness (QED) is 0.135. The van der Waals surface area contributed by atoms with Crippen LogP contribution in [0.1, 0.15) is 15.9 Å². The predicted molar refractivity (Wildman–Crippen MR) is 140 cm³/mol. The van der Waals surface area contributed by atoms with Gasteiger partial charge in [0.1, 0.15) is 17.2 Å². The lowest BCUT2D eigenvalue weighted by Gasteiger charge is -2.11. The fourth-order valence-corrected chi connectivity index (χ4v) is 3.78. The van der Waals surface area contributed by atoms with Gasteiger partial charge in [0.05, 0.1) is 23.9 Å². The number of amides is 1. The molecule has 182 valence electrons. The summed E-state index contributed by atoms with van der Waals surface area (Å²) >= 11 is 11.9. The number of nitrogens with one attached hydrogen (secondary N) is 1. The number of methoxy groups -OCH3 is 1. The molecular weight excluding hydrogens is 503 g/mol. The molecular formula is C27H20Cl2N2O5. The Morgan fingerprint density at radius 3 is 2.44 bits per heavy atom. The van der Waals surface area contributed by atoms with E-state index < -0.39 is 11.9 Å². The maximum Gasteiger partial charge on any atom is 0.343 e. The van der Waals surface area contributed by atoms with E-state index >= 15 is 0 Å². The number of ether oxygens (including phenoxy) is 3. The molecule has 0 atom stereocenters. The smallest absolute Gasteiger partial charge is 0.343 e.